The zero-order valence-electron chi connectivity index (χ0n) is 13.0. The average Bonchev–Trinajstić information content (AvgIpc) is 2.43. The van der Waals surface area contributed by atoms with Gasteiger partial charge in [0.05, 0.1) is 10.6 Å². The lowest BCUT2D eigenvalue weighted by Gasteiger charge is -2.15. The van der Waals surface area contributed by atoms with E-state index in [1.54, 1.807) is 13.8 Å². The summed E-state index contributed by atoms with van der Waals surface area (Å²) in [6.07, 6.45) is -0.944. The Hall–Kier alpha value is -1.79. The van der Waals surface area contributed by atoms with Crippen molar-refractivity contribution in [3.05, 3.63) is 33.8 Å². The molecule has 1 rings (SSSR count). The Kier molecular flexibility index (Phi) is 7.32. The van der Waals surface area contributed by atoms with E-state index in [9.17, 15) is 14.4 Å². The van der Waals surface area contributed by atoms with E-state index in [1.165, 1.54) is 25.1 Å². The molecule has 126 valence electrons. The summed E-state index contributed by atoms with van der Waals surface area (Å²) in [5.41, 5.74) is 0.189. The molecule has 1 unspecified atom stereocenters. The molecule has 0 aliphatic carbocycles. The Morgan fingerprint density at radius 1 is 1.17 bits per heavy atom. The number of esters is 1. The smallest absolute Gasteiger partial charge is 0.326 e. The van der Waals surface area contributed by atoms with Crippen molar-refractivity contribution in [1.29, 1.82) is 0 Å². The standard InChI is InChI=1S/C15H18Cl2N2O4/c1-8(2)19-14(21)9(3)23-13(20)7-18-15(22)11-5-4-10(16)6-12(11)17/h4-6,8-9H,7H2,1-3H3,(H,18,22)(H,19,21). The summed E-state index contributed by atoms with van der Waals surface area (Å²) in [4.78, 5) is 35.2. The van der Waals surface area contributed by atoms with E-state index in [0.717, 1.165) is 0 Å². The van der Waals surface area contributed by atoms with Crippen molar-refractivity contribution in [3.8, 4) is 0 Å². The van der Waals surface area contributed by atoms with Crippen molar-refractivity contribution in [2.75, 3.05) is 6.54 Å². The molecule has 0 aromatic heterocycles. The zero-order chi connectivity index (χ0) is 17.6. The highest BCUT2D eigenvalue weighted by Crippen LogP contribution is 2.20. The quantitative estimate of drug-likeness (QED) is 0.761. The normalized spacial score (nSPS) is 11.7. The minimum Gasteiger partial charge on any atom is -0.451 e. The third-order valence-corrected chi connectivity index (χ3v) is 3.23. The first-order valence-corrected chi connectivity index (χ1v) is 7.69. The van der Waals surface area contributed by atoms with Gasteiger partial charge in [-0.2, -0.15) is 0 Å². The second kappa shape index (κ2) is 8.74. The van der Waals surface area contributed by atoms with Crippen LogP contribution in [0.2, 0.25) is 10.0 Å². The first-order chi connectivity index (χ1) is 10.7. The first kappa shape index (κ1) is 19.3. The minimum atomic E-state index is -0.944. The maximum absolute atomic E-state index is 11.9. The Labute approximate surface area is 144 Å². The molecule has 23 heavy (non-hydrogen) atoms. The average molecular weight is 361 g/mol. The molecule has 0 saturated carbocycles. The van der Waals surface area contributed by atoms with E-state index in [-0.39, 0.29) is 23.2 Å². The second-order valence-corrected chi connectivity index (χ2v) is 5.95. The van der Waals surface area contributed by atoms with Crippen molar-refractivity contribution in [1.82, 2.24) is 10.6 Å². The fourth-order valence-electron chi connectivity index (χ4n) is 1.62. The molecule has 1 atom stereocenters. The molecule has 0 bridgehead atoms. The molecule has 0 heterocycles. The van der Waals surface area contributed by atoms with Crippen LogP contribution in [0.4, 0.5) is 0 Å². The molecule has 2 amide bonds. The van der Waals surface area contributed by atoms with Crippen LogP contribution in [0.15, 0.2) is 18.2 Å². The number of nitrogens with one attached hydrogen (secondary N) is 2. The summed E-state index contributed by atoms with van der Waals surface area (Å²) < 4.78 is 4.93. The van der Waals surface area contributed by atoms with E-state index >= 15 is 0 Å². The van der Waals surface area contributed by atoms with E-state index < -0.39 is 23.9 Å². The van der Waals surface area contributed by atoms with Crippen LogP contribution in [0.5, 0.6) is 0 Å². The molecule has 1 aromatic carbocycles. The van der Waals surface area contributed by atoms with Gasteiger partial charge in [-0.25, -0.2) is 0 Å². The Balaban J connectivity index is 2.49. The van der Waals surface area contributed by atoms with Crippen LogP contribution in [-0.2, 0) is 14.3 Å². The lowest BCUT2D eigenvalue weighted by atomic mass is 10.2. The SMILES string of the molecule is CC(C)NC(=O)C(C)OC(=O)CNC(=O)c1ccc(Cl)cc1Cl. The molecular formula is C15H18Cl2N2O4. The van der Waals surface area contributed by atoms with E-state index in [2.05, 4.69) is 10.6 Å². The van der Waals surface area contributed by atoms with Crippen molar-refractivity contribution < 1.29 is 19.1 Å². The van der Waals surface area contributed by atoms with Crippen molar-refractivity contribution in [2.45, 2.75) is 32.9 Å². The summed E-state index contributed by atoms with van der Waals surface area (Å²) in [6, 6.07) is 4.33. The van der Waals surface area contributed by atoms with Gasteiger partial charge in [-0.1, -0.05) is 23.2 Å². The number of hydrogen-bond acceptors (Lipinski definition) is 4. The van der Waals surface area contributed by atoms with E-state index in [1.807, 2.05) is 0 Å². The Morgan fingerprint density at radius 2 is 1.83 bits per heavy atom. The van der Waals surface area contributed by atoms with Gasteiger partial charge in [0.25, 0.3) is 11.8 Å². The molecule has 0 radical (unpaired) electrons. The van der Waals surface area contributed by atoms with Crippen LogP contribution in [0.3, 0.4) is 0 Å². The number of carbonyl (C=O) groups is 3. The molecule has 0 aliphatic heterocycles. The van der Waals surface area contributed by atoms with Crippen LogP contribution < -0.4 is 10.6 Å². The minimum absolute atomic E-state index is 0.0598. The number of rotatable bonds is 6. The zero-order valence-corrected chi connectivity index (χ0v) is 14.5. The van der Waals surface area contributed by atoms with Gasteiger partial charge in [-0.15, -0.1) is 0 Å². The Morgan fingerprint density at radius 3 is 2.39 bits per heavy atom. The molecular weight excluding hydrogens is 343 g/mol. The third kappa shape index (κ3) is 6.46. The molecule has 0 spiro atoms. The summed E-state index contributed by atoms with van der Waals surface area (Å²) in [5, 5.41) is 5.56. The lowest BCUT2D eigenvalue weighted by molar-refractivity contribution is -0.153. The highest BCUT2D eigenvalue weighted by atomic mass is 35.5. The number of ether oxygens (including phenoxy) is 1. The topological polar surface area (TPSA) is 84.5 Å². The van der Waals surface area contributed by atoms with E-state index in [4.69, 9.17) is 27.9 Å². The van der Waals surface area contributed by atoms with Crippen LogP contribution >= 0.6 is 23.2 Å². The van der Waals surface area contributed by atoms with Crippen molar-refractivity contribution >= 4 is 41.0 Å². The summed E-state index contributed by atoms with van der Waals surface area (Å²) in [5.74, 6) is -1.67. The van der Waals surface area contributed by atoms with Gasteiger partial charge in [0.1, 0.15) is 6.54 Å². The maximum Gasteiger partial charge on any atom is 0.326 e. The molecule has 0 aliphatic rings. The molecule has 6 nitrogen and oxygen atoms in total. The predicted octanol–water partition coefficient (Wildman–Crippen LogP) is 2.18. The van der Waals surface area contributed by atoms with Gasteiger partial charge in [-0.3, -0.25) is 14.4 Å². The third-order valence-electron chi connectivity index (χ3n) is 2.68. The molecule has 0 saturated heterocycles. The number of benzene rings is 1. The summed E-state index contributed by atoms with van der Waals surface area (Å²) >= 11 is 11.6. The first-order valence-electron chi connectivity index (χ1n) is 6.93. The Bertz CT molecular complexity index is 605. The van der Waals surface area contributed by atoms with Gasteiger partial charge in [0.15, 0.2) is 6.10 Å². The highest BCUT2D eigenvalue weighted by molar-refractivity contribution is 6.36. The molecule has 0 fully saturated rings. The second-order valence-electron chi connectivity index (χ2n) is 5.10. The van der Waals surface area contributed by atoms with Gasteiger partial charge < -0.3 is 15.4 Å². The van der Waals surface area contributed by atoms with Crippen molar-refractivity contribution in [2.24, 2.45) is 0 Å². The summed E-state index contributed by atoms with van der Waals surface area (Å²) in [6.45, 7) is 4.66. The highest BCUT2D eigenvalue weighted by Gasteiger charge is 2.19. The predicted molar refractivity (Wildman–Crippen MR) is 87.6 cm³/mol. The fraction of sp³-hybridized carbons (Fsp3) is 0.400. The number of hydrogen-bond donors (Lipinski definition) is 2. The largest absolute Gasteiger partial charge is 0.451 e. The monoisotopic (exact) mass is 360 g/mol. The number of carbonyl (C=O) groups excluding carboxylic acids is 3. The van der Waals surface area contributed by atoms with Crippen LogP contribution in [0.1, 0.15) is 31.1 Å². The van der Waals surface area contributed by atoms with Crippen LogP contribution in [0, 0.1) is 0 Å². The van der Waals surface area contributed by atoms with Crippen LogP contribution in [0.25, 0.3) is 0 Å². The van der Waals surface area contributed by atoms with Gasteiger partial charge in [-0.05, 0) is 39.0 Å². The number of amides is 2. The van der Waals surface area contributed by atoms with Gasteiger partial charge >= 0.3 is 5.97 Å². The van der Waals surface area contributed by atoms with Gasteiger partial charge in [0, 0.05) is 11.1 Å². The maximum atomic E-state index is 11.9. The molecule has 1 aromatic rings. The summed E-state index contributed by atoms with van der Waals surface area (Å²) in [7, 11) is 0. The number of halogens is 2. The molecule has 8 heteroatoms. The van der Waals surface area contributed by atoms with Gasteiger partial charge in [0.2, 0.25) is 0 Å². The van der Waals surface area contributed by atoms with Crippen LogP contribution in [-0.4, -0.2) is 36.5 Å². The lowest BCUT2D eigenvalue weighted by Crippen LogP contribution is -2.41. The van der Waals surface area contributed by atoms with E-state index in [0.29, 0.717) is 5.02 Å². The fourth-order valence-corrected chi connectivity index (χ4v) is 2.11. The molecule has 2 N–H and O–H groups in total. The van der Waals surface area contributed by atoms with Crippen molar-refractivity contribution in [3.63, 3.8) is 0 Å².